The van der Waals surface area contributed by atoms with Gasteiger partial charge < -0.3 is 20.1 Å². The van der Waals surface area contributed by atoms with Gasteiger partial charge in [0.25, 0.3) is 5.91 Å². The molecule has 3 N–H and O–H groups in total. The van der Waals surface area contributed by atoms with Crippen molar-refractivity contribution >= 4 is 22.8 Å². The minimum atomic E-state index is -0.00811. The lowest BCUT2D eigenvalue weighted by atomic mass is 9.99. The third-order valence-corrected chi connectivity index (χ3v) is 6.41. The van der Waals surface area contributed by atoms with E-state index >= 15 is 0 Å². The number of carbonyl (C=O) groups excluding carboxylic acids is 1. The van der Waals surface area contributed by atoms with Gasteiger partial charge in [-0.3, -0.25) is 9.89 Å². The number of nitrogen functional groups attached to an aromatic ring is 1. The first kappa shape index (κ1) is 22.8. The van der Waals surface area contributed by atoms with E-state index in [0.29, 0.717) is 49.0 Å². The van der Waals surface area contributed by atoms with Crippen LogP contribution in [0.4, 0.5) is 5.82 Å². The molecule has 1 aliphatic rings. The summed E-state index contributed by atoms with van der Waals surface area (Å²) in [5, 5.41) is 7.88. The first-order chi connectivity index (χ1) is 18.2. The number of hydrogen-bond donors (Lipinski definition) is 2. The largest absolute Gasteiger partial charge is 0.457 e. The standard InChI is InChI=1S/C29H25N5O3/c30-27-26-24(19-9-11-23(12-10-19)37-22-7-2-1-3-8-22)18-25(31-28(26)33-32-27)20-5-4-6-21(17-20)29(35)34-13-15-36-16-14-34/h1-12,17-18H,13-16H2,(H3,30,31,32,33). The van der Waals surface area contributed by atoms with E-state index in [1.807, 2.05) is 89.8 Å². The van der Waals surface area contributed by atoms with E-state index in [1.165, 1.54) is 0 Å². The molecule has 6 rings (SSSR count). The Bertz CT molecular complexity index is 1560. The van der Waals surface area contributed by atoms with Crippen LogP contribution in [0.5, 0.6) is 11.5 Å². The van der Waals surface area contributed by atoms with Crippen LogP contribution in [0.2, 0.25) is 0 Å². The lowest BCUT2D eigenvalue weighted by Crippen LogP contribution is -2.40. The van der Waals surface area contributed by atoms with Crippen LogP contribution in [0.15, 0.2) is 84.9 Å². The van der Waals surface area contributed by atoms with Gasteiger partial charge in [-0.2, -0.15) is 5.10 Å². The SMILES string of the molecule is Nc1n[nH]c2nc(-c3cccc(C(=O)N4CCOCC4)c3)cc(-c3ccc(Oc4ccccc4)cc3)c12. The Hall–Kier alpha value is -4.69. The van der Waals surface area contributed by atoms with Crippen molar-refractivity contribution in [1.29, 1.82) is 0 Å². The first-order valence-corrected chi connectivity index (χ1v) is 12.1. The number of aromatic nitrogens is 3. The highest BCUT2D eigenvalue weighted by Crippen LogP contribution is 2.35. The minimum absolute atomic E-state index is 0.00811. The Kier molecular flexibility index (Phi) is 6.00. The van der Waals surface area contributed by atoms with Gasteiger partial charge in [-0.25, -0.2) is 4.98 Å². The second-order valence-corrected chi connectivity index (χ2v) is 8.81. The van der Waals surface area contributed by atoms with Crippen molar-refractivity contribution in [3.05, 3.63) is 90.5 Å². The molecule has 0 aliphatic carbocycles. The maximum atomic E-state index is 13.1. The fraction of sp³-hybridized carbons (Fsp3) is 0.138. The summed E-state index contributed by atoms with van der Waals surface area (Å²) in [7, 11) is 0. The van der Waals surface area contributed by atoms with E-state index < -0.39 is 0 Å². The highest BCUT2D eigenvalue weighted by molar-refractivity contribution is 6.02. The molecular formula is C29H25N5O3. The quantitative estimate of drug-likeness (QED) is 0.353. The smallest absolute Gasteiger partial charge is 0.254 e. The molecule has 0 spiro atoms. The zero-order chi connectivity index (χ0) is 25.2. The van der Waals surface area contributed by atoms with Crippen LogP contribution in [-0.2, 0) is 4.74 Å². The van der Waals surface area contributed by atoms with Gasteiger partial charge >= 0.3 is 0 Å². The summed E-state index contributed by atoms with van der Waals surface area (Å²) in [4.78, 5) is 19.6. The molecule has 1 amide bonds. The first-order valence-electron chi connectivity index (χ1n) is 12.1. The van der Waals surface area contributed by atoms with Crippen LogP contribution in [0.25, 0.3) is 33.4 Å². The average Bonchev–Trinajstić information content (AvgIpc) is 3.34. The van der Waals surface area contributed by atoms with E-state index in [1.54, 1.807) is 0 Å². The lowest BCUT2D eigenvalue weighted by Gasteiger charge is -2.27. The Morgan fingerprint density at radius 2 is 1.65 bits per heavy atom. The van der Waals surface area contributed by atoms with Gasteiger partial charge in [0.15, 0.2) is 11.5 Å². The van der Waals surface area contributed by atoms with Crippen LogP contribution >= 0.6 is 0 Å². The summed E-state index contributed by atoms with van der Waals surface area (Å²) >= 11 is 0. The van der Waals surface area contributed by atoms with Crippen molar-refractivity contribution in [2.75, 3.05) is 32.0 Å². The average molecular weight is 492 g/mol. The number of H-pyrrole nitrogens is 1. The van der Waals surface area contributed by atoms with E-state index in [0.717, 1.165) is 33.6 Å². The Morgan fingerprint density at radius 3 is 2.43 bits per heavy atom. The number of nitrogens with two attached hydrogens (primary N) is 1. The maximum Gasteiger partial charge on any atom is 0.254 e. The third kappa shape index (κ3) is 4.62. The predicted octanol–water partition coefficient (Wildman–Crippen LogP) is 5.14. The van der Waals surface area contributed by atoms with Gasteiger partial charge in [0, 0.05) is 24.2 Å². The summed E-state index contributed by atoms with van der Waals surface area (Å²) in [6.45, 7) is 2.30. The van der Waals surface area contributed by atoms with Crippen molar-refractivity contribution in [2.45, 2.75) is 0 Å². The molecule has 37 heavy (non-hydrogen) atoms. The second kappa shape index (κ2) is 9.75. The van der Waals surface area contributed by atoms with Crippen molar-refractivity contribution < 1.29 is 14.3 Å². The molecule has 8 nitrogen and oxygen atoms in total. The number of nitrogens with one attached hydrogen (secondary N) is 1. The van der Waals surface area contributed by atoms with Crippen molar-refractivity contribution in [1.82, 2.24) is 20.1 Å². The number of fused-ring (bicyclic) bond motifs is 1. The molecule has 0 unspecified atom stereocenters. The van der Waals surface area contributed by atoms with Crippen molar-refractivity contribution in [3.8, 4) is 33.9 Å². The fourth-order valence-corrected chi connectivity index (χ4v) is 4.52. The highest BCUT2D eigenvalue weighted by atomic mass is 16.5. The number of para-hydroxylation sites is 1. The number of ether oxygens (including phenoxy) is 2. The number of rotatable bonds is 5. The molecule has 2 aromatic heterocycles. The number of carbonyl (C=O) groups is 1. The molecule has 1 fully saturated rings. The zero-order valence-corrected chi connectivity index (χ0v) is 20.1. The van der Waals surface area contributed by atoms with E-state index in [-0.39, 0.29) is 5.91 Å². The predicted molar refractivity (Wildman–Crippen MR) is 142 cm³/mol. The Balaban J connectivity index is 1.36. The molecular weight excluding hydrogens is 466 g/mol. The van der Waals surface area contributed by atoms with Crippen LogP contribution < -0.4 is 10.5 Å². The van der Waals surface area contributed by atoms with Gasteiger partial charge in [0.2, 0.25) is 0 Å². The number of morpholine rings is 1. The molecule has 1 saturated heterocycles. The summed E-state index contributed by atoms with van der Waals surface area (Å²) < 4.78 is 11.3. The molecule has 5 aromatic rings. The Labute approximate surface area is 213 Å². The van der Waals surface area contributed by atoms with Gasteiger partial charge in [-0.05, 0) is 53.6 Å². The molecule has 3 heterocycles. The molecule has 0 bridgehead atoms. The topological polar surface area (TPSA) is 106 Å². The number of nitrogens with zero attached hydrogens (tertiary/aromatic N) is 3. The number of anilines is 1. The van der Waals surface area contributed by atoms with Crippen molar-refractivity contribution in [2.24, 2.45) is 0 Å². The molecule has 1 aliphatic heterocycles. The van der Waals surface area contributed by atoms with Gasteiger partial charge in [0.05, 0.1) is 24.3 Å². The minimum Gasteiger partial charge on any atom is -0.457 e. The number of amides is 1. The monoisotopic (exact) mass is 491 g/mol. The summed E-state index contributed by atoms with van der Waals surface area (Å²) in [6.07, 6.45) is 0. The van der Waals surface area contributed by atoms with Gasteiger partial charge in [-0.1, -0.05) is 42.5 Å². The molecule has 0 atom stereocenters. The van der Waals surface area contributed by atoms with E-state index in [2.05, 4.69) is 10.2 Å². The van der Waals surface area contributed by atoms with E-state index in [9.17, 15) is 4.79 Å². The van der Waals surface area contributed by atoms with Crippen LogP contribution in [0, 0.1) is 0 Å². The van der Waals surface area contributed by atoms with Crippen LogP contribution in [0.3, 0.4) is 0 Å². The molecule has 8 heteroatoms. The van der Waals surface area contributed by atoms with Gasteiger partial charge in [-0.15, -0.1) is 0 Å². The van der Waals surface area contributed by atoms with Gasteiger partial charge in [0.1, 0.15) is 11.5 Å². The molecule has 0 saturated carbocycles. The van der Waals surface area contributed by atoms with E-state index in [4.69, 9.17) is 20.2 Å². The molecule has 184 valence electrons. The summed E-state index contributed by atoms with van der Waals surface area (Å²) in [5.41, 5.74) is 10.8. The zero-order valence-electron chi connectivity index (χ0n) is 20.1. The second-order valence-electron chi connectivity index (χ2n) is 8.81. The normalized spacial score (nSPS) is 13.6. The van der Waals surface area contributed by atoms with Crippen molar-refractivity contribution in [3.63, 3.8) is 0 Å². The van der Waals surface area contributed by atoms with Crippen LogP contribution in [0.1, 0.15) is 10.4 Å². The fourth-order valence-electron chi connectivity index (χ4n) is 4.52. The number of pyridine rings is 1. The summed E-state index contributed by atoms with van der Waals surface area (Å²) in [5.74, 6) is 1.88. The number of aromatic amines is 1. The maximum absolute atomic E-state index is 13.1. The molecule has 0 radical (unpaired) electrons. The van der Waals surface area contributed by atoms with Crippen LogP contribution in [-0.4, -0.2) is 52.3 Å². The Morgan fingerprint density at radius 1 is 0.892 bits per heavy atom. The summed E-state index contributed by atoms with van der Waals surface area (Å²) in [6, 6.07) is 27.0. The number of benzene rings is 3. The lowest BCUT2D eigenvalue weighted by molar-refractivity contribution is 0.0303. The highest BCUT2D eigenvalue weighted by Gasteiger charge is 2.20. The third-order valence-electron chi connectivity index (χ3n) is 6.41. The molecule has 3 aromatic carbocycles. The number of hydrogen-bond acceptors (Lipinski definition) is 6.